The molecule has 1 saturated heterocycles. The van der Waals surface area contributed by atoms with Crippen LogP contribution in [0, 0.1) is 5.92 Å². The molecule has 3 rings (SSSR count). The summed E-state index contributed by atoms with van der Waals surface area (Å²) in [6.45, 7) is 6.91. The quantitative estimate of drug-likeness (QED) is 0.797. The van der Waals surface area contributed by atoms with E-state index in [-0.39, 0.29) is 6.04 Å². The van der Waals surface area contributed by atoms with Crippen LogP contribution in [-0.4, -0.2) is 54.0 Å². The number of likely N-dealkylation sites (tertiary alicyclic amines) is 1. The predicted octanol–water partition coefficient (Wildman–Crippen LogP) is 3.32. The first kappa shape index (κ1) is 18.6. The van der Waals surface area contributed by atoms with Gasteiger partial charge in [0.15, 0.2) is 0 Å². The second-order valence-electron chi connectivity index (χ2n) is 7.57. The maximum Gasteiger partial charge on any atom is 0.222 e. The van der Waals surface area contributed by atoms with E-state index in [0.717, 1.165) is 42.7 Å². The first-order valence-corrected chi connectivity index (χ1v) is 9.38. The smallest absolute Gasteiger partial charge is 0.222 e. The van der Waals surface area contributed by atoms with Crippen molar-refractivity contribution in [2.24, 2.45) is 5.92 Å². The third-order valence-corrected chi connectivity index (χ3v) is 5.22. The average Bonchev–Trinajstić information content (AvgIpc) is 2.63. The molecule has 0 bridgehead atoms. The number of hydrogen-bond acceptors (Lipinski definition) is 4. The molecule has 1 unspecified atom stereocenters. The number of benzene rings is 1. The summed E-state index contributed by atoms with van der Waals surface area (Å²) in [6.07, 6.45) is 3.46. The number of ether oxygens (including phenoxy) is 1. The fourth-order valence-corrected chi connectivity index (χ4v) is 3.89. The molecule has 1 amide bonds. The summed E-state index contributed by atoms with van der Waals surface area (Å²) in [6, 6.07) is 8.49. The van der Waals surface area contributed by atoms with Gasteiger partial charge in [-0.1, -0.05) is 12.1 Å². The molecule has 0 N–H and O–H groups in total. The third kappa shape index (κ3) is 3.98. The molecule has 2 heterocycles. The topological polar surface area (TPSA) is 45.7 Å². The van der Waals surface area contributed by atoms with E-state index in [0.29, 0.717) is 18.2 Å². The number of amides is 1. The van der Waals surface area contributed by atoms with Crippen LogP contribution in [0.5, 0.6) is 5.75 Å². The summed E-state index contributed by atoms with van der Waals surface area (Å²) in [7, 11) is 3.84. The lowest BCUT2D eigenvalue weighted by Gasteiger charge is -2.37. The van der Waals surface area contributed by atoms with Crippen molar-refractivity contribution in [1.82, 2.24) is 14.8 Å². The van der Waals surface area contributed by atoms with Gasteiger partial charge in [-0.25, -0.2) is 0 Å². The van der Waals surface area contributed by atoms with Gasteiger partial charge in [0.25, 0.3) is 0 Å². The standard InChI is InChI=1S/C21H29N3O2/c1-15(2)24-13-16(7-10-20(24)25)12-23(3)14-17-8-9-19(26-4)21-18(17)6-5-11-22-21/h5-6,8-9,11,15-16H,7,10,12-14H2,1-4H3. The number of methoxy groups -OCH3 is 1. The summed E-state index contributed by atoms with van der Waals surface area (Å²) in [4.78, 5) is 20.9. The Hall–Kier alpha value is -2.14. The van der Waals surface area contributed by atoms with E-state index in [4.69, 9.17) is 4.74 Å². The number of rotatable bonds is 6. The molecule has 1 aromatic heterocycles. The van der Waals surface area contributed by atoms with Crippen LogP contribution in [0.15, 0.2) is 30.5 Å². The Bertz CT molecular complexity index is 775. The Morgan fingerprint density at radius 2 is 2.15 bits per heavy atom. The molecule has 1 fully saturated rings. The van der Waals surface area contributed by atoms with Crippen molar-refractivity contribution >= 4 is 16.8 Å². The molecule has 0 saturated carbocycles. The molecule has 5 heteroatoms. The minimum absolute atomic E-state index is 0.284. The van der Waals surface area contributed by atoms with Crippen LogP contribution in [0.4, 0.5) is 0 Å². The summed E-state index contributed by atoms with van der Waals surface area (Å²) >= 11 is 0. The molecule has 0 aliphatic carbocycles. The average molecular weight is 355 g/mol. The summed E-state index contributed by atoms with van der Waals surface area (Å²) in [5.74, 6) is 1.64. The van der Waals surface area contributed by atoms with Crippen LogP contribution >= 0.6 is 0 Å². The van der Waals surface area contributed by atoms with E-state index in [9.17, 15) is 4.79 Å². The molecule has 5 nitrogen and oxygen atoms in total. The van der Waals surface area contributed by atoms with Crippen molar-refractivity contribution in [2.75, 3.05) is 27.2 Å². The van der Waals surface area contributed by atoms with E-state index in [1.807, 2.05) is 17.0 Å². The zero-order chi connectivity index (χ0) is 18.7. The fourth-order valence-electron chi connectivity index (χ4n) is 3.89. The van der Waals surface area contributed by atoms with Gasteiger partial charge in [0.05, 0.1) is 7.11 Å². The normalized spacial score (nSPS) is 18.2. The van der Waals surface area contributed by atoms with Gasteiger partial charge in [-0.15, -0.1) is 0 Å². The van der Waals surface area contributed by atoms with Crippen LogP contribution in [0.1, 0.15) is 32.3 Å². The Kier molecular flexibility index (Phi) is 5.77. The number of fused-ring (bicyclic) bond motifs is 1. The van der Waals surface area contributed by atoms with Crippen LogP contribution in [-0.2, 0) is 11.3 Å². The molecule has 0 spiro atoms. The predicted molar refractivity (Wildman–Crippen MR) is 104 cm³/mol. The lowest BCUT2D eigenvalue weighted by atomic mass is 9.95. The van der Waals surface area contributed by atoms with Gasteiger partial charge in [-0.3, -0.25) is 9.78 Å². The van der Waals surface area contributed by atoms with E-state index in [2.05, 4.69) is 42.9 Å². The van der Waals surface area contributed by atoms with Crippen LogP contribution in [0.2, 0.25) is 0 Å². The van der Waals surface area contributed by atoms with Gasteiger partial charge in [0.1, 0.15) is 11.3 Å². The van der Waals surface area contributed by atoms with E-state index in [1.54, 1.807) is 13.3 Å². The van der Waals surface area contributed by atoms with Gasteiger partial charge >= 0.3 is 0 Å². The van der Waals surface area contributed by atoms with Crippen molar-refractivity contribution in [3.63, 3.8) is 0 Å². The Morgan fingerprint density at radius 3 is 2.88 bits per heavy atom. The third-order valence-electron chi connectivity index (χ3n) is 5.22. The SMILES string of the molecule is COc1ccc(CN(C)CC2CCC(=O)N(C(C)C)C2)c2cccnc12. The second-order valence-corrected chi connectivity index (χ2v) is 7.57. The fraction of sp³-hybridized carbons (Fsp3) is 0.524. The minimum Gasteiger partial charge on any atom is -0.494 e. The van der Waals surface area contributed by atoms with Crippen LogP contribution in [0.25, 0.3) is 10.9 Å². The molecule has 1 aliphatic rings. The van der Waals surface area contributed by atoms with Crippen molar-refractivity contribution in [3.8, 4) is 5.75 Å². The number of nitrogens with zero attached hydrogens (tertiary/aromatic N) is 3. The van der Waals surface area contributed by atoms with Crippen molar-refractivity contribution < 1.29 is 9.53 Å². The Balaban J connectivity index is 1.70. The second kappa shape index (κ2) is 8.04. The van der Waals surface area contributed by atoms with Crippen molar-refractivity contribution in [3.05, 3.63) is 36.0 Å². The monoisotopic (exact) mass is 355 g/mol. The molecule has 1 aromatic carbocycles. The zero-order valence-corrected chi connectivity index (χ0v) is 16.2. The summed E-state index contributed by atoms with van der Waals surface area (Å²) in [5, 5.41) is 1.14. The minimum atomic E-state index is 0.284. The van der Waals surface area contributed by atoms with Gasteiger partial charge in [0, 0.05) is 43.7 Å². The number of piperidine rings is 1. The lowest BCUT2D eigenvalue weighted by molar-refractivity contribution is -0.136. The van der Waals surface area contributed by atoms with Crippen LogP contribution < -0.4 is 4.74 Å². The van der Waals surface area contributed by atoms with Gasteiger partial charge < -0.3 is 14.5 Å². The van der Waals surface area contributed by atoms with E-state index in [1.165, 1.54) is 5.56 Å². The highest BCUT2D eigenvalue weighted by Crippen LogP contribution is 2.27. The molecule has 26 heavy (non-hydrogen) atoms. The number of aromatic nitrogens is 1. The maximum atomic E-state index is 12.1. The van der Waals surface area contributed by atoms with Crippen molar-refractivity contribution in [2.45, 2.75) is 39.3 Å². The Morgan fingerprint density at radius 1 is 1.35 bits per heavy atom. The molecule has 0 radical (unpaired) electrons. The zero-order valence-electron chi connectivity index (χ0n) is 16.2. The summed E-state index contributed by atoms with van der Waals surface area (Å²) in [5.41, 5.74) is 2.17. The number of hydrogen-bond donors (Lipinski definition) is 0. The van der Waals surface area contributed by atoms with Crippen molar-refractivity contribution in [1.29, 1.82) is 0 Å². The summed E-state index contributed by atoms with van der Waals surface area (Å²) < 4.78 is 5.44. The highest BCUT2D eigenvalue weighted by molar-refractivity contribution is 5.87. The maximum absolute atomic E-state index is 12.1. The molecule has 1 aliphatic heterocycles. The first-order chi connectivity index (χ1) is 12.5. The Labute approximate surface area is 156 Å². The van der Waals surface area contributed by atoms with Gasteiger partial charge in [-0.2, -0.15) is 0 Å². The highest BCUT2D eigenvalue weighted by Gasteiger charge is 2.28. The largest absolute Gasteiger partial charge is 0.494 e. The van der Waals surface area contributed by atoms with Gasteiger partial charge in [0.2, 0.25) is 5.91 Å². The first-order valence-electron chi connectivity index (χ1n) is 9.38. The molecule has 2 aromatic rings. The van der Waals surface area contributed by atoms with Crippen LogP contribution in [0.3, 0.4) is 0 Å². The van der Waals surface area contributed by atoms with Gasteiger partial charge in [-0.05, 0) is 50.9 Å². The number of carbonyl (C=O) groups excluding carboxylic acids is 1. The lowest BCUT2D eigenvalue weighted by Crippen LogP contribution is -2.46. The molecule has 1 atom stereocenters. The van der Waals surface area contributed by atoms with E-state index >= 15 is 0 Å². The number of carbonyl (C=O) groups is 1. The number of pyridine rings is 1. The molecular weight excluding hydrogens is 326 g/mol. The van der Waals surface area contributed by atoms with E-state index < -0.39 is 0 Å². The molecular formula is C21H29N3O2. The molecule has 140 valence electrons. The highest BCUT2D eigenvalue weighted by atomic mass is 16.5.